The maximum absolute atomic E-state index is 5.50. The lowest BCUT2D eigenvalue weighted by atomic mass is 9.96. The molecular formula is C16H25NO. The van der Waals surface area contributed by atoms with Crippen molar-refractivity contribution >= 4 is 0 Å². The van der Waals surface area contributed by atoms with Gasteiger partial charge in [-0.2, -0.15) is 0 Å². The van der Waals surface area contributed by atoms with Crippen LogP contribution in [-0.2, 0) is 0 Å². The fraction of sp³-hybridized carbons (Fsp3) is 0.625. The van der Waals surface area contributed by atoms with Gasteiger partial charge < -0.3 is 10.1 Å². The molecule has 18 heavy (non-hydrogen) atoms. The number of ether oxygens (including phenoxy) is 1. The van der Waals surface area contributed by atoms with Gasteiger partial charge >= 0.3 is 0 Å². The highest BCUT2D eigenvalue weighted by atomic mass is 16.5. The number of rotatable bonds is 4. The Hall–Kier alpha value is -1.02. The van der Waals surface area contributed by atoms with Gasteiger partial charge in [0.25, 0.3) is 0 Å². The zero-order chi connectivity index (χ0) is 13.6. The normalized spacial score (nSPS) is 22.6. The van der Waals surface area contributed by atoms with Crippen molar-refractivity contribution in [3.05, 3.63) is 29.8 Å². The van der Waals surface area contributed by atoms with Gasteiger partial charge in [0.05, 0.1) is 7.11 Å². The predicted molar refractivity (Wildman–Crippen MR) is 75.8 cm³/mol. The molecular weight excluding hydrogens is 222 g/mol. The van der Waals surface area contributed by atoms with E-state index in [2.05, 4.69) is 45.1 Å². The molecule has 2 rings (SSSR count). The molecule has 0 bridgehead atoms. The summed E-state index contributed by atoms with van der Waals surface area (Å²) in [5.41, 5.74) is 1.99. The lowest BCUT2D eigenvalue weighted by molar-refractivity contribution is 0.381. The molecule has 1 aromatic carbocycles. The number of para-hydroxylation sites is 1. The number of benzene rings is 1. The van der Waals surface area contributed by atoms with Crippen LogP contribution in [0.25, 0.3) is 0 Å². The largest absolute Gasteiger partial charge is 0.496 e. The van der Waals surface area contributed by atoms with E-state index in [-0.39, 0.29) is 0 Å². The zero-order valence-electron chi connectivity index (χ0n) is 12.4. The lowest BCUT2D eigenvalue weighted by Gasteiger charge is -2.21. The van der Waals surface area contributed by atoms with Crippen LogP contribution in [0.5, 0.6) is 5.75 Å². The van der Waals surface area contributed by atoms with Crippen LogP contribution >= 0.6 is 0 Å². The minimum Gasteiger partial charge on any atom is -0.496 e. The summed E-state index contributed by atoms with van der Waals surface area (Å²) in [6, 6.07) is 8.68. The van der Waals surface area contributed by atoms with E-state index in [1.54, 1.807) is 7.11 Å². The van der Waals surface area contributed by atoms with Gasteiger partial charge in [0.2, 0.25) is 0 Å². The van der Waals surface area contributed by atoms with Crippen molar-refractivity contribution in [2.24, 2.45) is 16.7 Å². The summed E-state index contributed by atoms with van der Waals surface area (Å²) in [6.07, 6.45) is 0. The number of methoxy groups -OCH3 is 1. The molecule has 0 amide bonds. The average Bonchev–Trinajstić information content (AvgIpc) is 2.74. The van der Waals surface area contributed by atoms with E-state index in [0.717, 1.165) is 5.75 Å². The molecule has 2 nitrogen and oxygen atoms in total. The van der Waals surface area contributed by atoms with Crippen LogP contribution in [0.2, 0.25) is 0 Å². The van der Waals surface area contributed by atoms with Gasteiger partial charge in [0, 0.05) is 11.6 Å². The standard InChI is InChI=1S/C16H25NO/c1-15(2)14(16(15,3)4)13(17-5)11-9-7-8-10-12(11)18-6/h7-10,13-14,17H,1-6H3. The second-order valence-corrected chi connectivity index (χ2v) is 6.43. The van der Waals surface area contributed by atoms with E-state index in [0.29, 0.717) is 22.8 Å². The van der Waals surface area contributed by atoms with Crippen molar-refractivity contribution in [1.29, 1.82) is 0 Å². The first-order chi connectivity index (χ1) is 8.37. The highest BCUT2D eigenvalue weighted by molar-refractivity contribution is 5.38. The first-order valence-corrected chi connectivity index (χ1v) is 6.68. The quantitative estimate of drug-likeness (QED) is 0.877. The molecule has 100 valence electrons. The van der Waals surface area contributed by atoms with Gasteiger partial charge in [-0.1, -0.05) is 45.9 Å². The predicted octanol–water partition coefficient (Wildman–Crippen LogP) is 3.64. The molecule has 1 saturated carbocycles. The van der Waals surface area contributed by atoms with E-state index < -0.39 is 0 Å². The third-order valence-electron chi connectivity index (χ3n) is 5.25. The Labute approximate surface area is 111 Å². The van der Waals surface area contributed by atoms with E-state index in [1.807, 2.05) is 19.2 Å². The average molecular weight is 247 g/mol. The molecule has 0 radical (unpaired) electrons. The summed E-state index contributed by atoms with van der Waals surface area (Å²) in [6.45, 7) is 9.43. The zero-order valence-corrected chi connectivity index (χ0v) is 12.4. The van der Waals surface area contributed by atoms with E-state index in [4.69, 9.17) is 4.74 Å². The molecule has 2 heteroatoms. The van der Waals surface area contributed by atoms with Gasteiger partial charge in [-0.3, -0.25) is 0 Å². The number of hydrogen-bond acceptors (Lipinski definition) is 2. The van der Waals surface area contributed by atoms with Gasteiger partial charge in [0.1, 0.15) is 5.75 Å². The fourth-order valence-corrected chi connectivity index (χ4v) is 3.51. The van der Waals surface area contributed by atoms with Crippen LogP contribution in [0, 0.1) is 16.7 Å². The van der Waals surface area contributed by atoms with Gasteiger partial charge in [-0.25, -0.2) is 0 Å². The fourth-order valence-electron chi connectivity index (χ4n) is 3.51. The van der Waals surface area contributed by atoms with Crippen LogP contribution in [0.3, 0.4) is 0 Å². The molecule has 1 aliphatic carbocycles. The van der Waals surface area contributed by atoms with Crippen molar-refractivity contribution < 1.29 is 4.74 Å². The maximum atomic E-state index is 5.50. The molecule has 1 atom stereocenters. The SMILES string of the molecule is CNC(c1ccccc1OC)C1C(C)(C)C1(C)C. The number of hydrogen-bond donors (Lipinski definition) is 1. The molecule has 1 aromatic rings. The van der Waals surface area contributed by atoms with Crippen LogP contribution in [0.4, 0.5) is 0 Å². The Bertz CT molecular complexity index is 422. The molecule has 1 N–H and O–H groups in total. The second kappa shape index (κ2) is 4.27. The maximum Gasteiger partial charge on any atom is 0.123 e. The van der Waals surface area contributed by atoms with E-state index in [1.165, 1.54) is 5.56 Å². The molecule has 1 aliphatic rings. The van der Waals surface area contributed by atoms with Crippen LogP contribution < -0.4 is 10.1 Å². The Kier molecular flexibility index (Phi) is 3.18. The minimum absolute atomic E-state index is 0.353. The summed E-state index contributed by atoms with van der Waals surface area (Å²) < 4.78 is 5.50. The molecule has 0 aromatic heterocycles. The van der Waals surface area contributed by atoms with E-state index in [9.17, 15) is 0 Å². The third-order valence-corrected chi connectivity index (χ3v) is 5.25. The highest BCUT2D eigenvalue weighted by Crippen LogP contribution is 2.72. The third kappa shape index (κ3) is 1.74. The molecule has 0 heterocycles. The molecule has 0 aliphatic heterocycles. The second-order valence-electron chi connectivity index (χ2n) is 6.43. The van der Waals surface area contributed by atoms with Gasteiger partial charge in [0.15, 0.2) is 0 Å². The first kappa shape index (κ1) is 13.4. The van der Waals surface area contributed by atoms with E-state index >= 15 is 0 Å². The molecule has 0 saturated heterocycles. The molecule has 0 spiro atoms. The van der Waals surface area contributed by atoms with Crippen molar-refractivity contribution in [2.45, 2.75) is 33.7 Å². The first-order valence-electron chi connectivity index (χ1n) is 6.68. The lowest BCUT2D eigenvalue weighted by Crippen LogP contribution is -2.22. The van der Waals surface area contributed by atoms with Crippen molar-refractivity contribution in [1.82, 2.24) is 5.32 Å². The van der Waals surface area contributed by atoms with Crippen molar-refractivity contribution in [3.8, 4) is 5.75 Å². The highest BCUT2D eigenvalue weighted by Gasteiger charge is 2.67. The van der Waals surface area contributed by atoms with Crippen molar-refractivity contribution in [3.63, 3.8) is 0 Å². The minimum atomic E-state index is 0.353. The topological polar surface area (TPSA) is 21.3 Å². The summed E-state index contributed by atoms with van der Waals surface area (Å²) >= 11 is 0. The van der Waals surface area contributed by atoms with Gasteiger partial charge in [-0.05, 0) is 29.9 Å². The molecule has 1 fully saturated rings. The van der Waals surface area contributed by atoms with Crippen LogP contribution in [0.1, 0.15) is 39.3 Å². The Morgan fingerprint density at radius 2 is 1.67 bits per heavy atom. The Morgan fingerprint density at radius 1 is 1.11 bits per heavy atom. The Balaban J connectivity index is 2.37. The smallest absolute Gasteiger partial charge is 0.123 e. The summed E-state index contributed by atoms with van der Waals surface area (Å²) in [4.78, 5) is 0. The monoisotopic (exact) mass is 247 g/mol. The van der Waals surface area contributed by atoms with Crippen molar-refractivity contribution in [2.75, 3.05) is 14.2 Å². The number of nitrogens with one attached hydrogen (secondary N) is 1. The Morgan fingerprint density at radius 3 is 2.11 bits per heavy atom. The van der Waals surface area contributed by atoms with Gasteiger partial charge in [-0.15, -0.1) is 0 Å². The van der Waals surface area contributed by atoms with Crippen LogP contribution in [0.15, 0.2) is 24.3 Å². The molecule has 1 unspecified atom stereocenters. The summed E-state index contributed by atoms with van der Waals surface area (Å²) in [5, 5.41) is 3.49. The summed E-state index contributed by atoms with van der Waals surface area (Å²) in [7, 11) is 3.79. The van der Waals surface area contributed by atoms with Crippen LogP contribution in [-0.4, -0.2) is 14.2 Å². The summed E-state index contributed by atoms with van der Waals surface area (Å²) in [5.74, 6) is 1.61.